The lowest BCUT2D eigenvalue weighted by atomic mass is 10.1. The van der Waals surface area contributed by atoms with Crippen LogP contribution < -0.4 is 10.3 Å². The molecule has 0 bridgehead atoms. The zero-order chi connectivity index (χ0) is 24.1. The van der Waals surface area contributed by atoms with Crippen molar-refractivity contribution < 1.29 is 23.8 Å². The number of carbonyl (C=O) groups is 1. The SMILES string of the molecule is Cc1cc(Cc2ccc(Cl)c(Oc3cc(C#N)cc(C#N)c3)c2F)nn(COC(=O)O)c1=O. The molecule has 0 aliphatic carbocycles. The van der Waals surface area contributed by atoms with E-state index < -0.39 is 24.3 Å². The van der Waals surface area contributed by atoms with Crippen LogP contribution in [-0.2, 0) is 17.9 Å². The molecule has 1 N–H and O–H groups in total. The average molecular weight is 469 g/mol. The highest BCUT2D eigenvalue weighted by molar-refractivity contribution is 6.32. The van der Waals surface area contributed by atoms with Crippen LogP contribution in [0, 0.1) is 35.4 Å². The second-order valence-corrected chi connectivity index (χ2v) is 7.17. The van der Waals surface area contributed by atoms with E-state index in [1.54, 1.807) is 0 Å². The molecule has 1 aromatic heterocycles. The summed E-state index contributed by atoms with van der Waals surface area (Å²) >= 11 is 6.12. The third-order valence-corrected chi connectivity index (χ3v) is 4.70. The normalized spacial score (nSPS) is 10.2. The molecular weight excluding hydrogens is 455 g/mol. The summed E-state index contributed by atoms with van der Waals surface area (Å²) in [5.74, 6) is -1.06. The molecular formula is C22H14ClFN4O5. The summed E-state index contributed by atoms with van der Waals surface area (Å²) in [5, 5.41) is 30.8. The minimum Gasteiger partial charge on any atom is -0.453 e. The summed E-state index contributed by atoms with van der Waals surface area (Å²) in [7, 11) is 0. The first-order valence-electron chi connectivity index (χ1n) is 9.25. The van der Waals surface area contributed by atoms with Crippen molar-refractivity contribution >= 4 is 17.8 Å². The minimum absolute atomic E-state index is 0.0407. The molecule has 33 heavy (non-hydrogen) atoms. The Bertz CT molecular complexity index is 1360. The number of halogens is 2. The number of carboxylic acid groups (broad SMARTS) is 1. The molecule has 166 valence electrons. The van der Waals surface area contributed by atoms with Crippen molar-refractivity contribution in [3.05, 3.63) is 85.5 Å². The van der Waals surface area contributed by atoms with Gasteiger partial charge < -0.3 is 14.6 Å². The number of aromatic nitrogens is 2. The second-order valence-electron chi connectivity index (χ2n) is 6.76. The lowest BCUT2D eigenvalue weighted by Crippen LogP contribution is -2.28. The molecule has 0 fully saturated rings. The van der Waals surface area contributed by atoms with Crippen molar-refractivity contribution in [2.45, 2.75) is 20.1 Å². The lowest BCUT2D eigenvalue weighted by molar-refractivity contribution is 0.0582. The molecule has 0 saturated carbocycles. The van der Waals surface area contributed by atoms with Crippen molar-refractivity contribution in [3.63, 3.8) is 0 Å². The molecule has 0 spiro atoms. The van der Waals surface area contributed by atoms with Crippen molar-refractivity contribution in [1.29, 1.82) is 10.5 Å². The molecule has 3 aromatic rings. The molecule has 0 amide bonds. The van der Waals surface area contributed by atoms with Crippen LogP contribution in [0.5, 0.6) is 11.5 Å². The maximum absolute atomic E-state index is 15.3. The predicted octanol–water partition coefficient (Wildman–Crippen LogP) is 4.12. The third kappa shape index (κ3) is 5.45. The number of ether oxygens (including phenoxy) is 2. The van der Waals surface area contributed by atoms with Crippen LogP contribution >= 0.6 is 11.6 Å². The Labute approximate surface area is 191 Å². The molecule has 2 aromatic carbocycles. The molecule has 0 radical (unpaired) electrons. The minimum atomic E-state index is -1.57. The molecule has 1 heterocycles. The van der Waals surface area contributed by atoms with E-state index in [1.807, 2.05) is 12.1 Å². The zero-order valence-electron chi connectivity index (χ0n) is 17.0. The van der Waals surface area contributed by atoms with Crippen molar-refractivity contribution in [2.24, 2.45) is 0 Å². The lowest BCUT2D eigenvalue weighted by Gasteiger charge is -2.13. The number of aryl methyl sites for hydroxylation is 1. The van der Waals surface area contributed by atoms with E-state index in [0.717, 1.165) is 4.68 Å². The van der Waals surface area contributed by atoms with Crippen molar-refractivity contribution in [3.8, 4) is 23.6 Å². The topological polar surface area (TPSA) is 138 Å². The smallest absolute Gasteiger partial charge is 0.453 e. The first-order valence-corrected chi connectivity index (χ1v) is 9.63. The molecule has 3 rings (SSSR count). The van der Waals surface area contributed by atoms with Gasteiger partial charge in [-0.1, -0.05) is 17.7 Å². The fourth-order valence-corrected chi connectivity index (χ4v) is 3.12. The maximum Gasteiger partial charge on any atom is 0.507 e. The zero-order valence-corrected chi connectivity index (χ0v) is 17.8. The number of hydrogen-bond donors (Lipinski definition) is 1. The van der Waals surface area contributed by atoms with E-state index >= 15 is 4.39 Å². The van der Waals surface area contributed by atoms with Crippen LogP contribution in [0.3, 0.4) is 0 Å². The molecule has 0 atom stereocenters. The third-order valence-electron chi connectivity index (χ3n) is 4.40. The Morgan fingerprint density at radius 3 is 2.48 bits per heavy atom. The summed E-state index contributed by atoms with van der Waals surface area (Å²) in [6, 6.07) is 12.1. The van der Waals surface area contributed by atoms with E-state index in [1.165, 1.54) is 43.3 Å². The summed E-state index contributed by atoms with van der Waals surface area (Å²) in [6.45, 7) is 0.892. The highest BCUT2D eigenvalue weighted by Crippen LogP contribution is 2.35. The van der Waals surface area contributed by atoms with Gasteiger partial charge in [-0.3, -0.25) is 4.79 Å². The van der Waals surface area contributed by atoms with Crippen molar-refractivity contribution in [1.82, 2.24) is 9.78 Å². The Hall–Kier alpha value is -4.41. The molecule has 0 aliphatic heterocycles. The van der Waals surface area contributed by atoms with Crippen LogP contribution in [0.15, 0.2) is 41.2 Å². The van der Waals surface area contributed by atoms with Crippen molar-refractivity contribution in [2.75, 3.05) is 0 Å². The van der Waals surface area contributed by atoms with Gasteiger partial charge in [0.25, 0.3) is 5.56 Å². The van der Waals surface area contributed by atoms with E-state index in [4.69, 9.17) is 32.0 Å². The van der Waals surface area contributed by atoms with Gasteiger partial charge in [0.15, 0.2) is 18.3 Å². The van der Waals surface area contributed by atoms with Crippen LogP contribution in [0.2, 0.25) is 5.02 Å². The van der Waals surface area contributed by atoms with E-state index in [0.29, 0.717) is 0 Å². The predicted molar refractivity (Wildman–Crippen MR) is 113 cm³/mol. The van der Waals surface area contributed by atoms with Crippen LogP contribution in [0.25, 0.3) is 0 Å². The van der Waals surface area contributed by atoms with Gasteiger partial charge >= 0.3 is 6.16 Å². The fourth-order valence-electron chi connectivity index (χ4n) is 2.94. The standard InChI is InChI=1S/C22H14ClFN4O5/c1-12-4-16(27-28(21(12)29)11-32-22(30)31)8-15-2-3-18(23)20(19(15)24)33-17-6-13(9-25)5-14(7-17)10-26/h2-7H,8,11H2,1H3,(H,30,31). The Kier molecular flexibility index (Phi) is 6.91. The molecule has 9 nitrogen and oxygen atoms in total. The molecule has 0 aliphatic rings. The first-order chi connectivity index (χ1) is 15.7. The van der Waals surface area contributed by atoms with Gasteiger partial charge in [0.05, 0.1) is 34.0 Å². The maximum atomic E-state index is 15.3. The average Bonchev–Trinajstić information content (AvgIpc) is 2.79. The van der Waals surface area contributed by atoms with Crippen LogP contribution in [-0.4, -0.2) is 21.0 Å². The highest BCUT2D eigenvalue weighted by Gasteiger charge is 2.17. The van der Waals surface area contributed by atoms with Crippen LogP contribution in [0.1, 0.15) is 27.9 Å². The van der Waals surface area contributed by atoms with Crippen LogP contribution in [0.4, 0.5) is 9.18 Å². The number of hydrogen-bond acceptors (Lipinski definition) is 7. The van der Waals surface area contributed by atoms with Gasteiger partial charge in [-0.05, 0) is 42.8 Å². The molecule has 0 unspecified atom stereocenters. The Morgan fingerprint density at radius 1 is 1.21 bits per heavy atom. The largest absolute Gasteiger partial charge is 0.507 e. The Morgan fingerprint density at radius 2 is 1.88 bits per heavy atom. The summed E-state index contributed by atoms with van der Waals surface area (Å²) in [4.78, 5) is 22.7. The molecule has 0 saturated heterocycles. The van der Waals surface area contributed by atoms with E-state index in [2.05, 4.69) is 9.84 Å². The number of nitriles is 2. The molecule has 11 heteroatoms. The van der Waals surface area contributed by atoms with Gasteiger partial charge in [0.1, 0.15) is 5.75 Å². The summed E-state index contributed by atoms with van der Waals surface area (Å²) < 4.78 is 26.0. The van der Waals surface area contributed by atoms with E-state index in [9.17, 15) is 9.59 Å². The second kappa shape index (κ2) is 9.81. The first kappa shape index (κ1) is 23.3. The highest BCUT2D eigenvalue weighted by atomic mass is 35.5. The quantitative estimate of drug-likeness (QED) is 0.533. The van der Waals surface area contributed by atoms with Gasteiger partial charge in [-0.25, -0.2) is 9.18 Å². The summed E-state index contributed by atoms with van der Waals surface area (Å²) in [5.41, 5.74) is 0.419. The summed E-state index contributed by atoms with van der Waals surface area (Å²) in [6.07, 6.45) is -1.65. The number of nitrogens with zero attached hydrogens (tertiary/aromatic N) is 4. The number of benzene rings is 2. The van der Waals surface area contributed by atoms with Gasteiger partial charge in [0, 0.05) is 12.0 Å². The van der Waals surface area contributed by atoms with Gasteiger partial charge in [0.2, 0.25) is 0 Å². The monoisotopic (exact) mass is 468 g/mol. The fraction of sp³-hybridized carbons (Fsp3) is 0.136. The number of rotatable bonds is 6. The van der Waals surface area contributed by atoms with Gasteiger partial charge in [-0.15, -0.1) is 0 Å². The Balaban J connectivity index is 1.96. The van der Waals surface area contributed by atoms with E-state index in [-0.39, 0.29) is 50.9 Å². The van der Waals surface area contributed by atoms with Gasteiger partial charge in [-0.2, -0.15) is 20.3 Å².